The maximum absolute atomic E-state index is 9.30. The molecule has 0 aliphatic heterocycles. The van der Waals surface area contributed by atoms with Crippen molar-refractivity contribution in [3.8, 4) is 0 Å². The molecule has 1 unspecified atom stereocenters. The Bertz CT molecular complexity index is 443. The van der Waals surface area contributed by atoms with Crippen LogP contribution >= 0.6 is 11.3 Å². The summed E-state index contributed by atoms with van der Waals surface area (Å²) < 4.78 is 1.33. The van der Waals surface area contributed by atoms with E-state index in [2.05, 4.69) is 30.5 Å². The van der Waals surface area contributed by atoms with Crippen LogP contribution in [0.5, 0.6) is 0 Å². The van der Waals surface area contributed by atoms with Gasteiger partial charge in [0.05, 0.1) is 6.10 Å². The van der Waals surface area contributed by atoms with Crippen LogP contribution in [0.3, 0.4) is 0 Å². The van der Waals surface area contributed by atoms with Crippen LogP contribution < -0.4 is 0 Å². The minimum absolute atomic E-state index is 0.258. The first-order valence-corrected chi connectivity index (χ1v) is 5.69. The molecule has 0 radical (unpaired) electrons. The standard InChI is InChI=1S/C12H14OS/c1-8-7-14-12-4-3-10(5-9(2)13)6-11(8)12/h3-4,6-7,9,13H,5H2,1-2H3. The molecular formula is C12H14OS. The minimum atomic E-state index is -0.258. The molecule has 1 N–H and O–H groups in total. The average Bonchev–Trinajstić information content (AvgIpc) is 2.47. The van der Waals surface area contributed by atoms with Gasteiger partial charge in [0.1, 0.15) is 0 Å². The Balaban J connectivity index is 2.44. The Morgan fingerprint density at radius 1 is 1.43 bits per heavy atom. The average molecular weight is 206 g/mol. The van der Waals surface area contributed by atoms with Crippen LogP contribution in [-0.2, 0) is 6.42 Å². The summed E-state index contributed by atoms with van der Waals surface area (Å²) in [6.07, 6.45) is 0.483. The Morgan fingerprint density at radius 2 is 2.21 bits per heavy atom. The lowest BCUT2D eigenvalue weighted by molar-refractivity contribution is 0.195. The zero-order valence-electron chi connectivity index (χ0n) is 8.45. The number of rotatable bonds is 2. The van der Waals surface area contributed by atoms with Crippen molar-refractivity contribution in [2.75, 3.05) is 0 Å². The summed E-state index contributed by atoms with van der Waals surface area (Å²) in [7, 11) is 0. The number of aliphatic hydroxyl groups excluding tert-OH is 1. The highest BCUT2D eigenvalue weighted by Crippen LogP contribution is 2.26. The summed E-state index contributed by atoms with van der Waals surface area (Å²) in [5.41, 5.74) is 2.55. The zero-order chi connectivity index (χ0) is 10.1. The molecule has 74 valence electrons. The first-order chi connectivity index (χ1) is 6.66. The molecule has 1 aromatic carbocycles. The number of aryl methyl sites for hydroxylation is 1. The fourth-order valence-electron chi connectivity index (χ4n) is 1.67. The Kier molecular flexibility index (Phi) is 2.57. The molecule has 14 heavy (non-hydrogen) atoms. The van der Waals surface area contributed by atoms with E-state index in [0.29, 0.717) is 0 Å². The largest absolute Gasteiger partial charge is 0.393 e. The third-order valence-corrected chi connectivity index (χ3v) is 3.44. The number of thiophene rings is 1. The number of hydrogen-bond acceptors (Lipinski definition) is 2. The molecule has 2 rings (SSSR count). The second kappa shape index (κ2) is 3.71. The smallest absolute Gasteiger partial charge is 0.0552 e. The molecule has 0 aliphatic carbocycles. The molecule has 0 aliphatic rings. The SMILES string of the molecule is Cc1csc2ccc(CC(C)O)cc12. The molecule has 0 fully saturated rings. The molecular weight excluding hydrogens is 192 g/mol. The van der Waals surface area contributed by atoms with Crippen LogP contribution in [0.4, 0.5) is 0 Å². The van der Waals surface area contributed by atoms with Crippen molar-refractivity contribution in [1.82, 2.24) is 0 Å². The van der Waals surface area contributed by atoms with Crippen molar-refractivity contribution in [2.24, 2.45) is 0 Å². The van der Waals surface area contributed by atoms with E-state index in [-0.39, 0.29) is 6.10 Å². The van der Waals surface area contributed by atoms with Crippen molar-refractivity contribution < 1.29 is 5.11 Å². The van der Waals surface area contributed by atoms with Crippen LogP contribution in [0.25, 0.3) is 10.1 Å². The molecule has 0 spiro atoms. The quantitative estimate of drug-likeness (QED) is 0.800. The lowest BCUT2D eigenvalue weighted by Gasteiger charge is -2.04. The van der Waals surface area contributed by atoms with Crippen LogP contribution in [0.1, 0.15) is 18.1 Å². The maximum atomic E-state index is 9.30. The Labute approximate surface area is 88.0 Å². The molecule has 1 nitrogen and oxygen atoms in total. The number of hydrogen-bond donors (Lipinski definition) is 1. The molecule has 0 amide bonds. The highest BCUT2D eigenvalue weighted by molar-refractivity contribution is 7.17. The van der Waals surface area contributed by atoms with Gasteiger partial charge >= 0.3 is 0 Å². The number of aliphatic hydroxyl groups is 1. The second-order valence-corrected chi connectivity index (χ2v) is 4.71. The van der Waals surface area contributed by atoms with Gasteiger partial charge in [0.2, 0.25) is 0 Å². The molecule has 1 atom stereocenters. The third-order valence-electron chi connectivity index (χ3n) is 2.36. The molecule has 0 bridgehead atoms. The molecule has 0 saturated carbocycles. The summed E-state index contributed by atoms with van der Waals surface area (Å²) in [4.78, 5) is 0. The van der Waals surface area contributed by atoms with Crippen molar-refractivity contribution in [3.63, 3.8) is 0 Å². The predicted octanol–water partition coefficient (Wildman–Crippen LogP) is 3.13. The maximum Gasteiger partial charge on any atom is 0.0552 e. The molecule has 1 heterocycles. The first-order valence-electron chi connectivity index (χ1n) is 4.81. The highest BCUT2D eigenvalue weighted by Gasteiger charge is 2.03. The predicted molar refractivity (Wildman–Crippen MR) is 61.9 cm³/mol. The van der Waals surface area contributed by atoms with Gasteiger partial charge in [-0.05, 0) is 54.3 Å². The lowest BCUT2D eigenvalue weighted by Crippen LogP contribution is -2.03. The van der Waals surface area contributed by atoms with Crippen LogP contribution in [0.2, 0.25) is 0 Å². The van der Waals surface area contributed by atoms with E-state index in [1.54, 1.807) is 11.3 Å². The van der Waals surface area contributed by atoms with Crippen molar-refractivity contribution in [1.29, 1.82) is 0 Å². The van der Waals surface area contributed by atoms with E-state index in [9.17, 15) is 5.11 Å². The van der Waals surface area contributed by atoms with Gasteiger partial charge in [-0.2, -0.15) is 0 Å². The third kappa shape index (κ3) is 1.81. The molecule has 1 aromatic heterocycles. The van der Waals surface area contributed by atoms with E-state index < -0.39 is 0 Å². The van der Waals surface area contributed by atoms with Crippen molar-refractivity contribution in [2.45, 2.75) is 26.4 Å². The number of benzene rings is 1. The van der Waals surface area contributed by atoms with E-state index >= 15 is 0 Å². The Hall–Kier alpha value is -0.860. The normalized spacial score (nSPS) is 13.4. The fraction of sp³-hybridized carbons (Fsp3) is 0.333. The summed E-state index contributed by atoms with van der Waals surface area (Å²) in [5.74, 6) is 0. The van der Waals surface area contributed by atoms with Gasteiger partial charge in [-0.25, -0.2) is 0 Å². The van der Waals surface area contributed by atoms with Crippen molar-refractivity contribution >= 4 is 21.4 Å². The lowest BCUT2D eigenvalue weighted by atomic mass is 10.1. The van der Waals surface area contributed by atoms with Gasteiger partial charge in [-0.1, -0.05) is 6.07 Å². The number of fused-ring (bicyclic) bond motifs is 1. The van der Waals surface area contributed by atoms with E-state index in [1.807, 2.05) is 6.92 Å². The molecule has 2 heteroatoms. The van der Waals surface area contributed by atoms with Crippen LogP contribution in [0.15, 0.2) is 23.6 Å². The second-order valence-electron chi connectivity index (χ2n) is 3.80. The van der Waals surface area contributed by atoms with Gasteiger partial charge in [0.25, 0.3) is 0 Å². The van der Waals surface area contributed by atoms with E-state index in [1.165, 1.54) is 21.2 Å². The topological polar surface area (TPSA) is 20.2 Å². The van der Waals surface area contributed by atoms with Crippen LogP contribution in [0, 0.1) is 6.92 Å². The van der Waals surface area contributed by atoms with Crippen molar-refractivity contribution in [3.05, 3.63) is 34.7 Å². The van der Waals surface area contributed by atoms with Gasteiger partial charge in [-0.3, -0.25) is 0 Å². The zero-order valence-corrected chi connectivity index (χ0v) is 9.27. The summed E-state index contributed by atoms with van der Waals surface area (Å²) in [6, 6.07) is 6.43. The first kappa shape index (κ1) is 9.69. The molecule has 2 aromatic rings. The fourth-order valence-corrected chi connectivity index (χ4v) is 2.60. The van der Waals surface area contributed by atoms with Gasteiger partial charge in [0.15, 0.2) is 0 Å². The van der Waals surface area contributed by atoms with E-state index in [4.69, 9.17) is 0 Å². The Morgan fingerprint density at radius 3 is 2.93 bits per heavy atom. The molecule has 0 saturated heterocycles. The monoisotopic (exact) mass is 206 g/mol. The van der Waals surface area contributed by atoms with Gasteiger partial charge < -0.3 is 5.11 Å². The van der Waals surface area contributed by atoms with Crippen LogP contribution in [-0.4, -0.2) is 11.2 Å². The van der Waals surface area contributed by atoms with Gasteiger partial charge in [-0.15, -0.1) is 11.3 Å². The van der Waals surface area contributed by atoms with Gasteiger partial charge in [0, 0.05) is 4.70 Å². The van der Waals surface area contributed by atoms with E-state index in [0.717, 1.165) is 6.42 Å². The minimum Gasteiger partial charge on any atom is -0.393 e. The highest BCUT2D eigenvalue weighted by atomic mass is 32.1. The summed E-state index contributed by atoms with van der Waals surface area (Å²) in [5, 5.41) is 12.8. The summed E-state index contributed by atoms with van der Waals surface area (Å²) >= 11 is 1.78. The summed E-state index contributed by atoms with van der Waals surface area (Å²) in [6.45, 7) is 3.95.